The van der Waals surface area contributed by atoms with Gasteiger partial charge in [-0.05, 0) is 36.7 Å². The minimum absolute atomic E-state index is 0.192. The number of thiophene rings is 1. The molecule has 2 N–H and O–H groups in total. The Morgan fingerprint density at radius 3 is 3.00 bits per heavy atom. The third-order valence-corrected chi connectivity index (χ3v) is 6.79. The zero-order valence-corrected chi connectivity index (χ0v) is 15.4. The quantitative estimate of drug-likeness (QED) is 0.724. The van der Waals surface area contributed by atoms with Gasteiger partial charge in [-0.3, -0.25) is 4.72 Å². The maximum atomic E-state index is 12.0. The fraction of sp³-hybridized carbons (Fsp3) is 0.706. The lowest BCUT2D eigenvalue weighted by atomic mass is 9.75. The Bertz CT molecular complexity index is 595. The van der Waals surface area contributed by atoms with Crippen molar-refractivity contribution >= 4 is 30.1 Å². The molecular weight excluding hydrogens is 330 g/mol. The van der Waals surface area contributed by atoms with Gasteiger partial charge < -0.3 is 9.84 Å². The van der Waals surface area contributed by atoms with E-state index in [4.69, 9.17) is 4.74 Å². The second kappa shape index (κ2) is 6.75. The Balaban J connectivity index is 2.02. The molecule has 4 nitrogen and oxygen atoms in total. The number of carboxylic acid groups (broad SMARTS) is 1. The number of aromatic carboxylic acids is 1. The van der Waals surface area contributed by atoms with Gasteiger partial charge in [-0.15, -0.1) is 11.3 Å². The van der Waals surface area contributed by atoms with Crippen molar-refractivity contribution in [3.05, 3.63) is 20.9 Å². The first kappa shape index (κ1) is 17.3. The summed E-state index contributed by atoms with van der Waals surface area (Å²) in [5.74, 6) is -0.222. The van der Waals surface area contributed by atoms with Gasteiger partial charge >= 0.3 is 5.97 Å². The molecule has 23 heavy (non-hydrogen) atoms. The van der Waals surface area contributed by atoms with Crippen LogP contribution in [0, 0.1) is 11.3 Å². The molecule has 1 aliphatic heterocycles. The smallest absolute Gasteiger partial charge is 0.337 e. The predicted octanol–water partition coefficient (Wildman–Crippen LogP) is 3.52. The maximum absolute atomic E-state index is 12.0. The number of nitrogens with one attached hydrogen (secondary N) is 1. The summed E-state index contributed by atoms with van der Waals surface area (Å²) in [6.45, 7) is 6.59. The Kier molecular flexibility index (Phi) is 5.06. The van der Waals surface area contributed by atoms with Crippen molar-refractivity contribution in [1.29, 1.82) is 0 Å². The van der Waals surface area contributed by atoms with Gasteiger partial charge in [0.15, 0.2) is 0 Å². The number of ether oxygens (including phenoxy) is 1. The van der Waals surface area contributed by atoms with Gasteiger partial charge in [-0.25, -0.2) is 4.79 Å². The molecular formula is C17H25NO3S2. The number of hydrogen-bond donors (Lipinski definition) is 3. The fourth-order valence-electron chi connectivity index (χ4n) is 3.90. The first-order valence-corrected chi connectivity index (χ1v) is 9.52. The highest BCUT2D eigenvalue weighted by atomic mass is 32.1. The third kappa shape index (κ3) is 3.45. The van der Waals surface area contributed by atoms with Crippen LogP contribution in [0.5, 0.6) is 0 Å². The van der Waals surface area contributed by atoms with E-state index in [-0.39, 0.29) is 17.3 Å². The van der Waals surface area contributed by atoms with Crippen LogP contribution in [0.25, 0.3) is 0 Å². The highest BCUT2D eigenvalue weighted by Gasteiger charge is 2.37. The topological polar surface area (TPSA) is 58.6 Å². The molecule has 0 bridgehead atoms. The summed E-state index contributed by atoms with van der Waals surface area (Å²) >= 11 is 5.86. The lowest BCUT2D eigenvalue weighted by Crippen LogP contribution is -2.32. The summed E-state index contributed by atoms with van der Waals surface area (Å²) in [5.41, 5.74) is 1.88. The van der Waals surface area contributed by atoms with Crippen molar-refractivity contribution in [1.82, 2.24) is 4.72 Å². The standard InChI is InChI=1S/C17H25NO3S2/c1-17(2)5-3-13-12(7-17)14(16(19)20)15(23-13)11-4-6-21-9-10(11)8-18-22/h10-11,18,22H,3-9H2,1-2H3,(H,19,20)/t10-,11+/m0/s1. The maximum Gasteiger partial charge on any atom is 0.337 e. The molecule has 0 unspecified atom stereocenters. The largest absolute Gasteiger partial charge is 0.478 e. The van der Waals surface area contributed by atoms with E-state index in [2.05, 4.69) is 31.4 Å². The van der Waals surface area contributed by atoms with E-state index >= 15 is 0 Å². The summed E-state index contributed by atoms with van der Waals surface area (Å²) in [4.78, 5) is 14.4. The summed E-state index contributed by atoms with van der Waals surface area (Å²) < 4.78 is 8.54. The van der Waals surface area contributed by atoms with Gasteiger partial charge in [0, 0.05) is 34.7 Å². The van der Waals surface area contributed by atoms with E-state index in [1.165, 1.54) is 4.88 Å². The molecule has 6 heteroatoms. The van der Waals surface area contributed by atoms with Crippen LogP contribution in [0.1, 0.15) is 58.3 Å². The van der Waals surface area contributed by atoms with Crippen LogP contribution < -0.4 is 4.72 Å². The van der Waals surface area contributed by atoms with E-state index in [1.807, 2.05) is 0 Å². The summed E-state index contributed by atoms with van der Waals surface area (Å²) in [6, 6.07) is 0. The first-order valence-electron chi connectivity index (χ1n) is 8.25. The molecule has 1 saturated heterocycles. The number of aryl methyl sites for hydroxylation is 1. The van der Waals surface area contributed by atoms with E-state index < -0.39 is 5.97 Å². The van der Waals surface area contributed by atoms with E-state index in [9.17, 15) is 9.90 Å². The number of fused-ring (bicyclic) bond motifs is 1. The molecule has 1 aromatic rings. The molecule has 0 radical (unpaired) electrons. The van der Waals surface area contributed by atoms with Gasteiger partial charge in [0.1, 0.15) is 0 Å². The molecule has 0 aromatic carbocycles. The molecule has 2 heterocycles. The molecule has 2 atom stereocenters. The molecule has 3 rings (SSSR count). The second-order valence-corrected chi connectivity index (χ2v) is 8.93. The first-order chi connectivity index (χ1) is 10.9. The summed E-state index contributed by atoms with van der Waals surface area (Å²) in [6.07, 6.45) is 3.91. The van der Waals surface area contributed by atoms with Crippen molar-refractivity contribution in [3.63, 3.8) is 0 Å². The Labute approximate surface area is 147 Å². The van der Waals surface area contributed by atoms with Crippen LogP contribution in [0.4, 0.5) is 0 Å². The van der Waals surface area contributed by atoms with Gasteiger partial charge in [0.05, 0.1) is 12.2 Å². The molecule has 1 aromatic heterocycles. The normalized spacial score (nSPS) is 26.7. The zero-order chi connectivity index (χ0) is 16.6. The summed E-state index contributed by atoms with van der Waals surface area (Å²) in [5, 5.41) is 9.87. The molecule has 0 spiro atoms. The van der Waals surface area contributed by atoms with Gasteiger partial charge in [-0.1, -0.05) is 26.7 Å². The van der Waals surface area contributed by atoms with Crippen molar-refractivity contribution in [2.75, 3.05) is 19.8 Å². The Hall–Kier alpha value is -0.560. The zero-order valence-electron chi connectivity index (χ0n) is 13.7. The molecule has 0 amide bonds. The number of rotatable bonds is 4. The SMILES string of the molecule is CC1(C)CCc2sc([C@@H]3CCOC[C@@H]3CNS)c(C(=O)O)c2C1. The molecule has 1 fully saturated rings. The number of carbonyl (C=O) groups is 1. The average Bonchev–Trinajstić information content (AvgIpc) is 2.85. The lowest BCUT2D eigenvalue weighted by molar-refractivity contribution is 0.0426. The van der Waals surface area contributed by atoms with Crippen LogP contribution in [0.2, 0.25) is 0 Å². The van der Waals surface area contributed by atoms with Crippen molar-refractivity contribution < 1.29 is 14.6 Å². The van der Waals surface area contributed by atoms with Gasteiger partial charge in [0.25, 0.3) is 0 Å². The monoisotopic (exact) mass is 355 g/mol. The Morgan fingerprint density at radius 2 is 2.30 bits per heavy atom. The van der Waals surface area contributed by atoms with Crippen molar-refractivity contribution in [3.8, 4) is 0 Å². The minimum atomic E-state index is -0.765. The second-order valence-electron chi connectivity index (χ2n) is 7.48. The Morgan fingerprint density at radius 1 is 1.52 bits per heavy atom. The number of carboxylic acids is 1. The van der Waals surface area contributed by atoms with Gasteiger partial charge in [0.2, 0.25) is 0 Å². The van der Waals surface area contributed by atoms with Crippen LogP contribution >= 0.6 is 24.2 Å². The lowest BCUT2D eigenvalue weighted by Gasteiger charge is -2.31. The molecule has 1 aliphatic carbocycles. The van der Waals surface area contributed by atoms with Crippen LogP contribution in [0.15, 0.2) is 0 Å². The predicted molar refractivity (Wildman–Crippen MR) is 95.7 cm³/mol. The molecule has 128 valence electrons. The highest BCUT2D eigenvalue weighted by molar-refractivity contribution is 7.78. The highest BCUT2D eigenvalue weighted by Crippen LogP contribution is 2.46. The van der Waals surface area contributed by atoms with E-state index in [1.54, 1.807) is 11.3 Å². The van der Waals surface area contributed by atoms with Crippen molar-refractivity contribution in [2.24, 2.45) is 11.3 Å². The summed E-state index contributed by atoms with van der Waals surface area (Å²) in [7, 11) is 0. The van der Waals surface area contributed by atoms with Crippen molar-refractivity contribution in [2.45, 2.75) is 45.4 Å². The van der Waals surface area contributed by atoms with E-state index in [0.717, 1.165) is 42.7 Å². The van der Waals surface area contributed by atoms with Crippen LogP contribution in [-0.4, -0.2) is 30.8 Å². The van der Waals surface area contributed by atoms with Crippen LogP contribution in [0.3, 0.4) is 0 Å². The number of hydrogen-bond acceptors (Lipinski definition) is 5. The molecule has 0 saturated carbocycles. The molecule has 2 aliphatic rings. The van der Waals surface area contributed by atoms with Crippen LogP contribution in [-0.2, 0) is 17.6 Å². The van der Waals surface area contributed by atoms with E-state index in [0.29, 0.717) is 18.8 Å². The van der Waals surface area contributed by atoms with Gasteiger partial charge in [-0.2, -0.15) is 0 Å². The number of thiol groups is 1. The average molecular weight is 356 g/mol. The fourth-order valence-corrected chi connectivity index (χ4v) is 5.67. The third-order valence-electron chi connectivity index (χ3n) is 5.18. The minimum Gasteiger partial charge on any atom is -0.478 e.